The fourth-order valence-corrected chi connectivity index (χ4v) is 2.32. The normalized spacial score (nSPS) is 17.6. The lowest BCUT2D eigenvalue weighted by Gasteiger charge is -2.22. The molecule has 90 valence electrons. The Morgan fingerprint density at radius 2 is 2.31 bits per heavy atom. The Balaban J connectivity index is 1.59. The minimum absolute atomic E-state index is 0.939. The average Bonchev–Trinajstić information content (AvgIpc) is 2.72. The molecule has 4 heteroatoms. The smallest absolute Gasteiger partial charge is 0.123 e. The van der Waals surface area contributed by atoms with Crippen LogP contribution in [0.25, 0.3) is 0 Å². The second-order valence-corrected chi connectivity index (χ2v) is 4.60. The quantitative estimate of drug-likeness (QED) is 0.744. The van der Waals surface area contributed by atoms with Crippen LogP contribution in [0.5, 0.6) is 0 Å². The zero-order valence-corrected chi connectivity index (χ0v) is 10.1. The van der Waals surface area contributed by atoms with Crippen molar-refractivity contribution in [3.05, 3.63) is 12.3 Å². The second-order valence-electron chi connectivity index (χ2n) is 4.60. The lowest BCUT2D eigenvalue weighted by atomic mass is 9.93. The van der Waals surface area contributed by atoms with Gasteiger partial charge in [0.2, 0.25) is 0 Å². The van der Waals surface area contributed by atoms with E-state index in [1.165, 1.54) is 38.8 Å². The van der Waals surface area contributed by atoms with Crippen molar-refractivity contribution in [3.63, 3.8) is 0 Å². The molecule has 2 N–H and O–H groups in total. The molecule has 0 aromatic carbocycles. The SMILES string of the molecule is Cn1nccc1NCCCC1CCNCC1. The molecule has 0 aliphatic carbocycles. The first kappa shape index (κ1) is 11.5. The molecule has 2 rings (SSSR count). The Kier molecular flexibility index (Phi) is 4.22. The molecule has 1 aromatic rings. The van der Waals surface area contributed by atoms with Crippen molar-refractivity contribution in [2.24, 2.45) is 13.0 Å². The number of hydrogen-bond donors (Lipinski definition) is 2. The van der Waals surface area contributed by atoms with Crippen molar-refractivity contribution in [1.82, 2.24) is 15.1 Å². The van der Waals surface area contributed by atoms with Gasteiger partial charge in [-0.15, -0.1) is 0 Å². The van der Waals surface area contributed by atoms with Crippen molar-refractivity contribution in [3.8, 4) is 0 Å². The van der Waals surface area contributed by atoms with E-state index in [9.17, 15) is 0 Å². The van der Waals surface area contributed by atoms with Crippen LogP contribution in [0, 0.1) is 5.92 Å². The summed E-state index contributed by atoms with van der Waals surface area (Å²) in [7, 11) is 1.97. The zero-order chi connectivity index (χ0) is 11.2. The Hall–Kier alpha value is -1.03. The van der Waals surface area contributed by atoms with E-state index >= 15 is 0 Å². The fourth-order valence-electron chi connectivity index (χ4n) is 2.32. The highest BCUT2D eigenvalue weighted by molar-refractivity contribution is 5.33. The van der Waals surface area contributed by atoms with Gasteiger partial charge in [-0.05, 0) is 44.7 Å². The van der Waals surface area contributed by atoms with Crippen LogP contribution in [-0.4, -0.2) is 29.4 Å². The number of piperidine rings is 1. The highest BCUT2D eigenvalue weighted by atomic mass is 15.3. The molecule has 1 aromatic heterocycles. The van der Waals surface area contributed by atoms with Gasteiger partial charge in [-0.1, -0.05) is 0 Å². The number of aromatic nitrogens is 2. The lowest BCUT2D eigenvalue weighted by Crippen LogP contribution is -2.27. The maximum Gasteiger partial charge on any atom is 0.123 e. The number of rotatable bonds is 5. The maximum atomic E-state index is 4.13. The van der Waals surface area contributed by atoms with E-state index in [1.54, 1.807) is 0 Å². The number of nitrogens with zero attached hydrogens (tertiary/aromatic N) is 2. The van der Waals surface area contributed by atoms with Crippen LogP contribution in [0.1, 0.15) is 25.7 Å². The van der Waals surface area contributed by atoms with Crippen molar-refractivity contribution in [2.45, 2.75) is 25.7 Å². The van der Waals surface area contributed by atoms with Crippen LogP contribution in [0.15, 0.2) is 12.3 Å². The first-order valence-electron chi connectivity index (χ1n) is 6.29. The number of anilines is 1. The molecule has 1 fully saturated rings. The van der Waals surface area contributed by atoms with Crippen molar-refractivity contribution in [1.29, 1.82) is 0 Å². The maximum absolute atomic E-state index is 4.13. The van der Waals surface area contributed by atoms with Crippen LogP contribution in [0.3, 0.4) is 0 Å². The Morgan fingerprint density at radius 1 is 1.50 bits per heavy atom. The van der Waals surface area contributed by atoms with E-state index in [-0.39, 0.29) is 0 Å². The van der Waals surface area contributed by atoms with Crippen molar-refractivity contribution in [2.75, 3.05) is 25.0 Å². The Labute approximate surface area is 97.4 Å². The molecule has 0 saturated carbocycles. The average molecular weight is 222 g/mol. The molecule has 0 spiro atoms. The summed E-state index contributed by atoms with van der Waals surface area (Å²) >= 11 is 0. The molecular formula is C12H22N4. The molecule has 2 heterocycles. The third-order valence-corrected chi connectivity index (χ3v) is 3.37. The summed E-state index contributed by atoms with van der Waals surface area (Å²) in [6.45, 7) is 3.48. The van der Waals surface area contributed by atoms with E-state index in [0.29, 0.717) is 0 Å². The van der Waals surface area contributed by atoms with Crippen molar-refractivity contribution >= 4 is 5.82 Å². The van der Waals surface area contributed by atoms with E-state index < -0.39 is 0 Å². The van der Waals surface area contributed by atoms with Crippen LogP contribution >= 0.6 is 0 Å². The van der Waals surface area contributed by atoms with Gasteiger partial charge in [-0.2, -0.15) is 5.10 Å². The van der Waals surface area contributed by atoms with Gasteiger partial charge in [0.25, 0.3) is 0 Å². The predicted octanol–water partition coefficient (Wildman–Crippen LogP) is 1.61. The van der Waals surface area contributed by atoms with Gasteiger partial charge in [-0.3, -0.25) is 4.68 Å². The summed E-state index contributed by atoms with van der Waals surface area (Å²) in [4.78, 5) is 0. The number of nitrogens with one attached hydrogen (secondary N) is 2. The fraction of sp³-hybridized carbons (Fsp3) is 0.750. The molecule has 16 heavy (non-hydrogen) atoms. The largest absolute Gasteiger partial charge is 0.370 e. The molecule has 0 amide bonds. The third-order valence-electron chi connectivity index (χ3n) is 3.37. The second kappa shape index (κ2) is 5.89. The van der Waals surface area contributed by atoms with Gasteiger partial charge in [0.15, 0.2) is 0 Å². The first-order valence-corrected chi connectivity index (χ1v) is 6.29. The van der Waals surface area contributed by atoms with Gasteiger partial charge < -0.3 is 10.6 Å². The van der Waals surface area contributed by atoms with Crippen LogP contribution < -0.4 is 10.6 Å². The molecule has 0 radical (unpaired) electrons. The summed E-state index contributed by atoms with van der Waals surface area (Å²) in [6, 6.07) is 2.02. The molecule has 1 aliphatic heterocycles. The van der Waals surface area contributed by atoms with Gasteiger partial charge in [-0.25, -0.2) is 0 Å². The molecule has 1 saturated heterocycles. The summed E-state index contributed by atoms with van der Waals surface area (Å²) in [6.07, 6.45) is 7.15. The highest BCUT2D eigenvalue weighted by Crippen LogP contribution is 2.17. The van der Waals surface area contributed by atoms with Crippen molar-refractivity contribution < 1.29 is 0 Å². The van der Waals surface area contributed by atoms with E-state index in [2.05, 4.69) is 15.7 Å². The van der Waals surface area contributed by atoms with Crippen LogP contribution in [0.4, 0.5) is 5.82 Å². The lowest BCUT2D eigenvalue weighted by molar-refractivity contribution is 0.350. The predicted molar refractivity (Wildman–Crippen MR) is 66.5 cm³/mol. The summed E-state index contributed by atoms with van der Waals surface area (Å²) in [5.74, 6) is 2.06. The monoisotopic (exact) mass is 222 g/mol. The van der Waals surface area contributed by atoms with E-state index in [1.807, 2.05) is 24.0 Å². The van der Waals surface area contributed by atoms with Gasteiger partial charge in [0, 0.05) is 19.7 Å². The first-order chi connectivity index (χ1) is 7.86. The van der Waals surface area contributed by atoms with E-state index in [0.717, 1.165) is 18.3 Å². The Morgan fingerprint density at radius 3 is 3.00 bits per heavy atom. The zero-order valence-electron chi connectivity index (χ0n) is 10.1. The third kappa shape index (κ3) is 3.23. The number of hydrogen-bond acceptors (Lipinski definition) is 3. The van der Waals surface area contributed by atoms with Crippen LogP contribution in [-0.2, 0) is 7.05 Å². The summed E-state index contributed by atoms with van der Waals surface area (Å²) in [5.41, 5.74) is 0. The molecule has 4 nitrogen and oxygen atoms in total. The van der Waals surface area contributed by atoms with E-state index in [4.69, 9.17) is 0 Å². The standard InChI is InChI=1S/C12H22N4/c1-16-12(6-10-15-16)14-7-2-3-11-4-8-13-9-5-11/h6,10-11,13-14H,2-5,7-9H2,1H3. The molecular weight excluding hydrogens is 200 g/mol. The number of aryl methyl sites for hydroxylation is 1. The molecule has 0 atom stereocenters. The minimum Gasteiger partial charge on any atom is -0.370 e. The summed E-state index contributed by atoms with van der Waals surface area (Å²) < 4.78 is 1.88. The molecule has 0 bridgehead atoms. The van der Waals surface area contributed by atoms with Gasteiger partial charge in [0.05, 0.1) is 6.20 Å². The summed E-state index contributed by atoms with van der Waals surface area (Å²) in [5, 5.41) is 11.0. The van der Waals surface area contributed by atoms with Crippen LogP contribution in [0.2, 0.25) is 0 Å². The van der Waals surface area contributed by atoms with Gasteiger partial charge >= 0.3 is 0 Å². The van der Waals surface area contributed by atoms with Gasteiger partial charge in [0.1, 0.15) is 5.82 Å². The molecule has 1 aliphatic rings. The minimum atomic E-state index is 0.939. The topological polar surface area (TPSA) is 41.9 Å². The highest BCUT2D eigenvalue weighted by Gasteiger charge is 2.11. The Bertz CT molecular complexity index is 302. The molecule has 0 unspecified atom stereocenters.